The molecule has 1 saturated heterocycles. The first-order valence-electron chi connectivity index (χ1n) is 5.77. The van der Waals surface area contributed by atoms with Crippen LogP contribution in [0.25, 0.3) is 0 Å². The van der Waals surface area contributed by atoms with Crippen molar-refractivity contribution in [3.8, 4) is 0 Å². The van der Waals surface area contributed by atoms with Crippen molar-refractivity contribution in [3.05, 3.63) is 0 Å². The fourth-order valence-electron chi connectivity index (χ4n) is 2.02. The summed E-state index contributed by atoms with van der Waals surface area (Å²) in [6.45, 7) is 5.08. The van der Waals surface area contributed by atoms with Crippen molar-refractivity contribution >= 4 is 12.1 Å². The van der Waals surface area contributed by atoms with Gasteiger partial charge in [0.15, 0.2) is 0 Å². The molecule has 0 aliphatic carbocycles. The van der Waals surface area contributed by atoms with Gasteiger partial charge < -0.3 is 15.2 Å². The second-order valence-corrected chi connectivity index (χ2v) is 4.48. The Bertz CT molecular complexity index is 295. The number of nitrogens with zero attached hydrogens (tertiary/aromatic N) is 1. The maximum atomic E-state index is 11.0. The zero-order valence-corrected chi connectivity index (χ0v) is 10.5. The van der Waals surface area contributed by atoms with E-state index in [1.165, 1.54) is 7.11 Å². The average molecular weight is 244 g/mol. The smallest absolute Gasteiger partial charge is 0.407 e. The highest BCUT2D eigenvalue weighted by Gasteiger charge is 2.31. The predicted octanol–water partition coefficient (Wildman–Crippen LogP) is 0.526. The number of aliphatic carboxylic acids is 1. The van der Waals surface area contributed by atoms with E-state index in [1.807, 2.05) is 6.92 Å². The molecule has 0 bridgehead atoms. The van der Waals surface area contributed by atoms with Crippen molar-refractivity contribution in [2.24, 2.45) is 5.92 Å². The molecular formula is C11H20N2O4. The van der Waals surface area contributed by atoms with Gasteiger partial charge in [-0.15, -0.1) is 0 Å². The summed E-state index contributed by atoms with van der Waals surface area (Å²) >= 11 is 0. The van der Waals surface area contributed by atoms with Crippen LogP contribution in [0.15, 0.2) is 0 Å². The number of hydrogen-bond acceptors (Lipinski definition) is 4. The number of nitrogens with one attached hydrogen (secondary N) is 1. The van der Waals surface area contributed by atoms with Gasteiger partial charge in [-0.1, -0.05) is 6.92 Å². The van der Waals surface area contributed by atoms with E-state index >= 15 is 0 Å². The first kappa shape index (κ1) is 13.8. The van der Waals surface area contributed by atoms with Crippen LogP contribution in [0.2, 0.25) is 0 Å². The maximum absolute atomic E-state index is 11.0. The molecule has 1 amide bonds. The van der Waals surface area contributed by atoms with E-state index in [4.69, 9.17) is 5.11 Å². The predicted molar refractivity (Wildman–Crippen MR) is 61.8 cm³/mol. The summed E-state index contributed by atoms with van der Waals surface area (Å²) in [6.07, 6.45) is 0.391. The molecular weight excluding hydrogens is 224 g/mol. The molecule has 3 atom stereocenters. The monoisotopic (exact) mass is 244 g/mol. The third kappa shape index (κ3) is 3.59. The Morgan fingerprint density at radius 1 is 1.47 bits per heavy atom. The number of carbonyl (C=O) groups is 2. The van der Waals surface area contributed by atoms with Crippen molar-refractivity contribution < 1.29 is 19.4 Å². The third-order valence-electron chi connectivity index (χ3n) is 3.42. The first-order chi connectivity index (χ1) is 7.95. The summed E-state index contributed by atoms with van der Waals surface area (Å²) in [4.78, 5) is 24.0. The number of methoxy groups -OCH3 is 1. The molecule has 6 heteroatoms. The molecule has 17 heavy (non-hydrogen) atoms. The highest BCUT2D eigenvalue weighted by molar-refractivity contribution is 5.70. The number of hydrogen-bond donors (Lipinski definition) is 2. The van der Waals surface area contributed by atoms with Gasteiger partial charge in [0.1, 0.15) is 0 Å². The van der Waals surface area contributed by atoms with E-state index in [0.717, 1.165) is 13.0 Å². The fourth-order valence-corrected chi connectivity index (χ4v) is 2.02. The minimum absolute atomic E-state index is 0.0306. The van der Waals surface area contributed by atoms with Gasteiger partial charge in [0.25, 0.3) is 0 Å². The molecule has 0 aromatic carbocycles. The highest BCUT2D eigenvalue weighted by atomic mass is 16.5. The quantitative estimate of drug-likeness (QED) is 0.754. The zero-order valence-electron chi connectivity index (χ0n) is 10.5. The Morgan fingerprint density at radius 2 is 2.12 bits per heavy atom. The summed E-state index contributed by atoms with van der Waals surface area (Å²) < 4.78 is 4.53. The van der Waals surface area contributed by atoms with Gasteiger partial charge in [0.05, 0.1) is 13.0 Å². The van der Waals surface area contributed by atoms with E-state index in [2.05, 4.69) is 15.0 Å². The van der Waals surface area contributed by atoms with Crippen molar-refractivity contribution in [2.45, 2.75) is 32.4 Å². The molecule has 0 saturated carbocycles. The molecule has 2 N–H and O–H groups in total. The standard InChI is InChI=1S/C11H20N2O4/c1-7(10(14)15)8(2)13-5-4-9(6-13)12-11(16)17-3/h7-9H,4-6H2,1-3H3,(H,12,16)(H,14,15). The van der Waals surface area contributed by atoms with Gasteiger partial charge in [-0.25, -0.2) is 4.79 Å². The molecule has 1 fully saturated rings. The number of carbonyl (C=O) groups excluding carboxylic acids is 1. The Kier molecular flexibility index (Phi) is 4.74. The van der Waals surface area contributed by atoms with Crippen molar-refractivity contribution in [1.82, 2.24) is 10.2 Å². The van der Waals surface area contributed by atoms with Gasteiger partial charge in [-0.3, -0.25) is 9.69 Å². The number of rotatable bonds is 4. The fraction of sp³-hybridized carbons (Fsp3) is 0.818. The SMILES string of the molecule is COC(=O)NC1CCN(C(C)C(C)C(=O)O)C1. The lowest BCUT2D eigenvalue weighted by atomic mass is 10.0. The van der Waals surface area contributed by atoms with Crippen molar-refractivity contribution in [2.75, 3.05) is 20.2 Å². The second kappa shape index (κ2) is 5.86. The van der Waals surface area contributed by atoms with Crippen molar-refractivity contribution in [3.63, 3.8) is 0 Å². The molecule has 1 rings (SSSR count). The molecule has 0 aromatic heterocycles. The molecule has 6 nitrogen and oxygen atoms in total. The number of alkyl carbamates (subject to hydrolysis) is 1. The number of amides is 1. The summed E-state index contributed by atoms with van der Waals surface area (Å²) in [5, 5.41) is 11.7. The Balaban J connectivity index is 2.44. The average Bonchev–Trinajstić information content (AvgIpc) is 2.75. The lowest BCUT2D eigenvalue weighted by Crippen LogP contribution is -2.42. The van der Waals surface area contributed by atoms with E-state index in [0.29, 0.717) is 6.54 Å². The van der Waals surface area contributed by atoms with Crippen LogP contribution >= 0.6 is 0 Å². The number of carboxylic acids is 1. The Labute approximate surface area is 101 Å². The number of likely N-dealkylation sites (tertiary alicyclic amines) is 1. The van der Waals surface area contributed by atoms with Crippen LogP contribution in [0.4, 0.5) is 4.79 Å². The molecule has 0 aromatic rings. The van der Waals surface area contributed by atoms with Crippen LogP contribution < -0.4 is 5.32 Å². The Hall–Kier alpha value is -1.30. The zero-order chi connectivity index (χ0) is 13.0. The largest absolute Gasteiger partial charge is 0.481 e. The molecule has 0 spiro atoms. The van der Waals surface area contributed by atoms with Gasteiger partial charge in [0.2, 0.25) is 0 Å². The van der Waals surface area contributed by atoms with E-state index < -0.39 is 18.0 Å². The lowest BCUT2D eigenvalue weighted by molar-refractivity contribution is -0.143. The summed E-state index contributed by atoms with van der Waals surface area (Å²) in [5.74, 6) is -1.20. The lowest BCUT2D eigenvalue weighted by Gasteiger charge is -2.27. The number of carboxylic acid groups (broad SMARTS) is 1. The number of ether oxygens (including phenoxy) is 1. The maximum Gasteiger partial charge on any atom is 0.407 e. The Morgan fingerprint density at radius 3 is 2.65 bits per heavy atom. The third-order valence-corrected chi connectivity index (χ3v) is 3.42. The molecule has 0 radical (unpaired) electrons. The summed E-state index contributed by atoms with van der Waals surface area (Å²) in [6, 6.07) is 0.0165. The second-order valence-electron chi connectivity index (χ2n) is 4.48. The van der Waals surface area contributed by atoms with Crippen LogP contribution in [-0.2, 0) is 9.53 Å². The summed E-state index contributed by atoms with van der Waals surface area (Å²) in [7, 11) is 1.33. The molecule has 1 aliphatic rings. The van der Waals surface area contributed by atoms with E-state index in [-0.39, 0.29) is 12.1 Å². The van der Waals surface area contributed by atoms with Crippen molar-refractivity contribution in [1.29, 1.82) is 0 Å². The van der Waals surface area contributed by atoms with Crippen LogP contribution in [0.5, 0.6) is 0 Å². The van der Waals surface area contributed by atoms with E-state index in [9.17, 15) is 9.59 Å². The molecule has 98 valence electrons. The minimum atomic E-state index is -0.790. The van der Waals surface area contributed by atoms with Crippen LogP contribution in [0.1, 0.15) is 20.3 Å². The highest BCUT2D eigenvalue weighted by Crippen LogP contribution is 2.18. The van der Waals surface area contributed by atoms with Crippen LogP contribution in [0, 0.1) is 5.92 Å². The van der Waals surface area contributed by atoms with Crippen LogP contribution in [-0.4, -0.2) is 54.4 Å². The van der Waals surface area contributed by atoms with Crippen LogP contribution in [0.3, 0.4) is 0 Å². The first-order valence-corrected chi connectivity index (χ1v) is 5.77. The van der Waals surface area contributed by atoms with E-state index in [1.54, 1.807) is 6.92 Å². The molecule has 3 unspecified atom stereocenters. The minimum Gasteiger partial charge on any atom is -0.481 e. The molecule has 1 heterocycles. The summed E-state index contributed by atoms with van der Waals surface area (Å²) in [5.41, 5.74) is 0. The molecule has 1 aliphatic heterocycles. The van der Waals surface area contributed by atoms with Gasteiger partial charge in [0, 0.05) is 25.2 Å². The van der Waals surface area contributed by atoms with Gasteiger partial charge in [-0.2, -0.15) is 0 Å². The normalized spacial score (nSPS) is 24.1. The van der Waals surface area contributed by atoms with Gasteiger partial charge in [-0.05, 0) is 13.3 Å². The van der Waals surface area contributed by atoms with Gasteiger partial charge >= 0.3 is 12.1 Å². The topological polar surface area (TPSA) is 78.9 Å².